The van der Waals surface area contributed by atoms with Crippen LogP contribution in [0.4, 0.5) is 0 Å². The first-order valence-corrected chi connectivity index (χ1v) is 6.75. The predicted octanol–water partition coefficient (Wildman–Crippen LogP) is 1.30. The van der Waals surface area contributed by atoms with Gasteiger partial charge in [0.05, 0.1) is 18.8 Å². The zero-order valence-corrected chi connectivity index (χ0v) is 10.9. The van der Waals surface area contributed by atoms with Crippen LogP contribution in [-0.4, -0.2) is 31.2 Å². The predicted molar refractivity (Wildman–Crippen MR) is 68.1 cm³/mol. The first-order chi connectivity index (χ1) is 8.18. The molecular formula is C12H18N2O2S. The van der Waals surface area contributed by atoms with Crippen LogP contribution in [0, 0.1) is 0 Å². The number of ether oxygens (including phenoxy) is 1. The van der Waals surface area contributed by atoms with E-state index in [0.29, 0.717) is 6.61 Å². The number of hydrogen-bond acceptors (Lipinski definition) is 4. The van der Waals surface area contributed by atoms with Gasteiger partial charge in [0.15, 0.2) is 0 Å². The van der Waals surface area contributed by atoms with Crippen molar-refractivity contribution in [2.45, 2.75) is 32.0 Å². The zero-order chi connectivity index (χ0) is 12.3. The molecule has 1 unspecified atom stereocenters. The first kappa shape index (κ1) is 12.5. The van der Waals surface area contributed by atoms with E-state index in [-0.39, 0.29) is 24.1 Å². The summed E-state index contributed by atoms with van der Waals surface area (Å²) in [5.41, 5.74) is 0. The molecule has 2 heterocycles. The summed E-state index contributed by atoms with van der Waals surface area (Å²) in [7, 11) is 0. The fraction of sp³-hybridized carbons (Fsp3) is 0.583. The molecule has 4 nitrogen and oxygen atoms in total. The second-order valence-corrected chi connectivity index (χ2v) is 5.23. The van der Waals surface area contributed by atoms with Crippen molar-refractivity contribution >= 4 is 17.2 Å². The van der Waals surface area contributed by atoms with E-state index in [0.717, 1.165) is 6.54 Å². The van der Waals surface area contributed by atoms with E-state index >= 15 is 0 Å². The van der Waals surface area contributed by atoms with E-state index in [1.54, 1.807) is 11.3 Å². The summed E-state index contributed by atoms with van der Waals surface area (Å²) in [5, 5.41) is 8.21. The third-order valence-electron chi connectivity index (χ3n) is 2.93. The molecule has 1 amide bonds. The van der Waals surface area contributed by atoms with Gasteiger partial charge >= 0.3 is 0 Å². The number of morpholine rings is 1. The molecule has 1 saturated heterocycles. The Kier molecular flexibility index (Phi) is 4.15. The molecule has 2 rings (SSSR count). The Morgan fingerprint density at radius 1 is 1.71 bits per heavy atom. The number of rotatable bonds is 3. The lowest BCUT2D eigenvalue weighted by molar-refractivity contribution is -0.129. The number of hydrogen-bond donors (Lipinski definition) is 2. The average molecular weight is 254 g/mol. The molecule has 94 valence electrons. The van der Waals surface area contributed by atoms with Crippen LogP contribution >= 0.6 is 11.3 Å². The fourth-order valence-electron chi connectivity index (χ4n) is 1.94. The molecule has 0 bridgehead atoms. The highest BCUT2D eigenvalue weighted by atomic mass is 32.1. The van der Waals surface area contributed by atoms with E-state index in [1.807, 2.05) is 31.4 Å². The molecule has 1 aliphatic heterocycles. The molecule has 2 N–H and O–H groups in total. The molecule has 1 aromatic heterocycles. The van der Waals surface area contributed by atoms with Crippen LogP contribution in [0.1, 0.15) is 24.8 Å². The number of carbonyl (C=O) groups excluding carboxylic acids is 1. The van der Waals surface area contributed by atoms with Crippen molar-refractivity contribution in [3.63, 3.8) is 0 Å². The van der Waals surface area contributed by atoms with Crippen molar-refractivity contribution in [1.29, 1.82) is 0 Å². The van der Waals surface area contributed by atoms with Gasteiger partial charge in [-0.05, 0) is 25.3 Å². The normalized spacial score (nSPS) is 26.5. The van der Waals surface area contributed by atoms with Crippen molar-refractivity contribution in [3.8, 4) is 0 Å². The van der Waals surface area contributed by atoms with Crippen molar-refractivity contribution in [2.24, 2.45) is 0 Å². The van der Waals surface area contributed by atoms with Crippen LogP contribution in [0.5, 0.6) is 0 Å². The van der Waals surface area contributed by atoms with E-state index in [4.69, 9.17) is 4.74 Å². The van der Waals surface area contributed by atoms with Gasteiger partial charge in [-0.15, -0.1) is 11.3 Å². The second kappa shape index (κ2) is 5.62. The summed E-state index contributed by atoms with van der Waals surface area (Å²) >= 11 is 1.65. The fourth-order valence-corrected chi connectivity index (χ4v) is 2.67. The highest BCUT2D eigenvalue weighted by Crippen LogP contribution is 2.18. The monoisotopic (exact) mass is 254 g/mol. The van der Waals surface area contributed by atoms with Crippen LogP contribution < -0.4 is 10.6 Å². The van der Waals surface area contributed by atoms with Crippen LogP contribution in [-0.2, 0) is 9.53 Å². The minimum Gasteiger partial charge on any atom is -0.375 e. The van der Waals surface area contributed by atoms with Gasteiger partial charge in [-0.25, -0.2) is 0 Å². The standard InChI is InChI=1S/C12H18N2O2S/c1-8(10-4-3-7-17-10)14-12(15)11-9(2)16-6-5-13-11/h3-4,7-9,11,13H,5-6H2,1-2H3,(H,14,15)/t8?,9-,11+/m1/s1. The summed E-state index contributed by atoms with van der Waals surface area (Å²) < 4.78 is 5.46. The summed E-state index contributed by atoms with van der Waals surface area (Å²) in [6, 6.07) is 3.83. The first-order valence-electron chi connectivity index (χ1n) is 5.87. The molecule has 0 aliphatic carbocycles. The van der Waals surface area contributed by atoms with Crippen molar-refractivity contribution in [2.75, 3.05) is 13.2 Å². The van der Waals surface area contributed by atoms with Gasteiger partial charge in [0.1, 0.15) is 6.04 Å². The van der Waals surface area contributed by atoms with Crippen LogP contribution in [0.3, 0.4) is 0 Å². The lowest BCUT2D eigenvalue weighted by Crippen LogP contribution is -2.55. The minimum atomic E-state index is -0.244. The summed E-state index contributed by atoms with van der Waals surface area (Å²) in [4.78, 5) is 13.2. The van der Waals surface area contributed by atoms with E-state index in [9.17, 15) is 4.79 Å². The largest absolute Gasteiger partial charge is 0.375 e. The van der Waals surface area contributed by atoms with Gasteiger partial charge in [-0.1, -0.05) is 6.07 Å². The van der Waals surface area contributed by atoms with Gasteiger partial charge < -0.3 is 15.4 Å². The molecular weight excluding hydrogens is 236 g/mol. The molecule has 1 fully saturated rings. The van der Waals surface area contributed by atoms with Crippen molar-refractivity contribution in [1.82, 2.24) is 10.6 Å². The summed E-state index contributed by atoms with van der Waals surface area (Å²) in [6.45, 7) is 5.32. The molecule has 3 atom stereocenters. The average Bonchev–Trinajstić information content (AvgIpc) is 2.82. The Morgan fingerprint density at radius 3 is 3.18 bits per heavy atom. The topological polar surface area (TPSA) is 50.4 Å². The van der Waals surface area contributed by atoms with E-state index in [1.165, 1.54) is 4.88 Å². The maximum Gasteiger partial charge on any atom is 0.240 e. The van der Waals surface area contributed by atoms with Crippen molar-refractivity contribution in [3.05, 3.63) is 22.4 Å². The van der Waals surface area contributed by atoms with Crippen LogP contribution in [0.15, 0.2) is 17.5 Å². The highest BCUT2D eigenvalue weighted by Gasteiger charge is 2.29. The lowest BCUT2D eigenvalue weighted by atomic mass is 10.1. The lowest BCUT2D eigenvalue weighted by Gasteiger charge is -2.30. The quantitative estimate of drug-likeness (QED) is 0.855. The molecule has 0 saturated carbocycles. The van der Waals surface area contributed by atoms with Crippen molar-refractivity contribution < 1.29 is 9.53 Å². The van der Waals surface area contributed by atoms with E-state index in [2.05, 4.69) is 10.6 Å². The van der Waals surface area contributed by atoms with Crippen LogP contribution in [0.25, 0.3) is 0 Å². The number of nitrogens with one attached hydrogen (secondary N) is 2. The van der Waals surface area contributed by atoms with Crippen LogP contribution in [0.2, 0.25) is 0 Å². The Morgan fingerprint density at radius 2 is 2.53 bits per heavy atom. The molecule has 5 heteroatoms. The maximum absolute atomic E-state index is 12.1. The maximum atomic E-state index is 12.1. The highest BCUT2D eigenvalue weighted by molar-refractivity contribution is 7.10. The van der Waals surface area contributed by atoms with Gasteiger partial charge in [0.25, 0.3) is 0 Å². The van der Waals surface area contributed by atoms with E-state index < -0.39 is 0 Å². The number of carbonyl (C=O) groups is 1. The third-order valence-corrected chi connectivity index (χ3v) is 3.98. The Hall–Kier alpha value is -0.910. The molecule has 0 radical (unpaired) electrons. The minimum absolute atomic E-state index is 0.0121. The zero-order valence-electron chi connectivity index (χ0n) is 10.1. The molecule has 0 spiro atoms. The van der Waals surface area contributed by atoms with Gasteiger partial charge in [0, 0.05) is 11.4 Å². The smallest absolute Gasteiger partial charge is 0.240 e. The molecule has 1 aromatic rings. The summed E-state index contributed by atoms with van der Waals surface area (Å²) in [6.07, 6.45) is -0.0701. The SMILES string of the molecule is CC(NC(=O)[C@H]1NCCO[C@@H]1C)c1cccs1. The second-order valence-electron chi connectivity index (χ2n) is 4.25. The molecule has 0 aromatic carbocycles. The molecule has 1 aliphatic rings. The van der Waals surface area contributed by atoms with Gasteiger partial charge in [-0.3, -0.25) is 4.79 Å². The van der Waals surface area contributed by atoms with Gasteiger partial charge in [0.2, 0.25) is 5.91 Å². The number of amides is 1. The van der Waals surface area contributed by atoms with Gasteiger partial charge in [-0.2, -0.15) is 0 Å². The third kappa shape index (κ3) is 3.06. The Balaban J connectivity index is 1.92. The molecule has 17 heavy (non-hydrogen) atoms. The number of thiophene rings is 1. The Labute approximate surface area is 105 Å². The summed E-state index contributed by atoms with van der Waals surface area (Å²) in [5.74, 6) is 0.0121. The Bertz CT molecular complexity index is 367.